The maximum absolute atomic E-state index is 6.13. The molecule has 5 heteroatoms. The number of hydrogen-bond acceptors (Lipinski definition) is 3. The molecule has 1 aromatic heterocycles. The van der Waals surface area contributed by atoms with Crippen molar-refractivity contribution in [2.45, 2.75) is 12.8 Å². The van der Waals surface area contributed by atoms with Crippen LogP contribution >= 0.6 is 11.6 Å². The lowest BCUT2D eigenvalue weighted by molar-refractivity contribution is 0.300. The maximum Gasteiger partial charge on any atom is 0.121 e. The number of hydrogen-bond donors (Lipinski definition) is 1. The van der Waals surface area contributed by atoms with Crippen LogP contribution in [-0.2, 0) is 7.05 Å². The smallest absolute Gasteiger partial charge is 0.121 e. The van der Waals surface area contributed by atoms with Crippen LogP contribution in [0.3, 0.4) is 0 Å². The molecule has 1 saturated carbocycles. The fourth-order valence-corrected chi connectivity index (χ4v) is 2.14. The Bertz CT molecular complexity index is 585. The van der Waals surface area contributed by atoms with Gasteiger partial charge in [-0.3, -0.25) is 4.68 Å². The van der Waals surface area contributed by atoms with E-state index in [4.69, 9.17) is 22.1 Å². The second-order valence-corrected chi connectivity index (χ2v) is 5.44. The summed E-state index contributed by atoms with van der Waals surface area (Å²) in [6, 6.07) is 7.49. The molecule has 0 amide bonds. The number of nitrogen functional groups attached to an aromatic ring is 1. The molecule has 1 heterocycles. The molecule has 0 aliphatic heterocycles. The summed E-state index contributed by atoms with van der Waals surface area (Å²) >= 11 is 6.13. The van der Waals surface area contributed by atoms with Gasteiger partial charge < -0.3 is 10.5 Å². The predicted molar refractivity (Wildman–Crippen MR) is 76.3 cm³/mol. The minimum absolute atomic E-state index is 0.621. The summed E-state index contributed by atoms with van der Waals surface area (Å²) in [4.78, 5) is 0. The SMILES string of the molecule is Cn1nc(-c2cc(Cl)cc(OCC3CC3)c2)cc1N. The molecule has 3 rings (SSSR count). The molecule has 1 aliphatic carbocycles. The Morgan fingerprint density at radius 1 is 1.37 bits per heavy atom. The van der Waals surface area contributed by atoms with Gasteiger partial charge in [0, 0.05) is 23.7 Å². The highest BCUT2D eigenvalue weighted by Crippen LogP contribution is 2.32. The van der Waals surface area contributed by atoms with Crippen molar-refractivity contribution in [3.8, 4) is 17.0 Å². The topological polar surface area (TPSA) is 53.1 Å². The Kier molecular flexibility index (Phi) is 3.11. The molecule has 1 aliphatic rings. The fraction of sp³-hybridized carbons (Fsp3) is 0.357. The van der Waals surface area contributed by atoms with Crippen LogP contribution in [0.5, 0.6) is 5.75 Å². The van der Waals surface area contributed by atoms with Gasteiger partial charge in [-0.05, 0) is 37.0 Å². The standard InChI is InChI=1S/C14H16ClN3O/c1-18-14(16)7-13(17-18)10-4-11(15)6-12(5-10)19-8-9-2-3-9/h4-7,9H,2-3,8,16H2,1H3. The number of nitrogens with two attached hydrogens (primary N) is 1. The van der Waals surface area contributed by atoms with E-state index >= 15 is 0 Å². The van der Waals surface area contributed by atoms with Gasteiger partial charge in [-0.1, -0.05) is 11.6 Å². The summed E-state index contributed by atoms with van der Waals surface area (Å²) in [7, 11) is 1.81. The molecule has 19 heavy (non-hydrogen) atoms. The molecule has 1 aromatic carbocycles. The van der Waals surface area contributed by atoms with E-state index in [1.807, 2.05) is 31.3 Å². The second kappa shape index (κ2) is 4.78. The first kappa shape index (κ1) is 12.4. The van der Waals surface area contributed by atoms with Crippen molar-refractivity contribution < 1.29 is 4.74 Å². The largest absolute Gasteiger partial charge is 0.493 e. The van der Waals surface area contributed by atoms with E-state index in [2.05, 4.69) is 5.10 Å². The van der Waals surface area contributed by atoms with E-state index < -0.39 is 0 Å². The number of nitrogens with zero attached hydrogens (tertiary/aromatic N) is 2. The summed E-state index contributed by atoms with van der Waals surface area (Å²) in [5.41, 5.74) is 7.52. The van der Waals surface area contributed by atoms with E-state index in [1.165, 1.54) is 12.8 Å². The zero-order valence-electron chi connectivity index (χ0n) is 10.8. The third-order valence-corrected chi connectivity index (χ3v) is 3.48. The highest BCUT2D eigenvalue weighted by molar-refractivity contribution is 6.31. The van der Waals surface area contributed by atoms with Crippen molar-refractivity contribution in [1.29, 1.82) is 0 Å². The Hall–Kier alpha value is -1.68. The van der Waals surface area contributed by atoms with Crippen LogP contribution in [0, 0.1) is 5.92 Å². The zero-order valence-corrected chi connectivity index (χ0v) is 11.5. The van der Waals surface area contributed by atoms with E-state index in [0.29, 0.717) is 16.8 Å². The number of anilines is 1. The Morgan fingerprint density at radius 3 is 2.79 bits per heavy atom. The monoisotopic (exact) mass is 277 g/mol. The number of rotatable bonds is 4. The third kappa shape index (κ3) is 2.84. The lowest BCUT2D eigenvalue weighted by Gasteiger charge is -2.07. The lowest BCUT2D eigenvalue weighted by atomic mass is 10.1. The molecule has 0 radical (unpaired) electrons. The van der Waals surface area contributed by atoms with Gasteiger partial charge in [0.1, 0.15) is 11.6 Å². The van der Waals surface area contributed by atoms with Crippen molar-refractivity contribution in [3.63, 3.8) is 0 Å². The predicted octanol–water partition coefficient (Wildman–Crippen LogP) is 3.11. The molecule has 2 N–H and O–H groups in total. The van der Waals surface area contributed by atoms with Crippen LogP contribution in [0.25, 0.3) is 11.3 Å². The van der Waals surface area contributed by atoms with Crippen molar-refractivity contribution in [3.05, 3.63) is 29.3 Å². The first-order valence-electron chi connectivity index (χ1n) is 6.35. The van der Waals surface area contributed by atoms with Gasteiger partial charge in [0.05, 0.1) is 12.3 Å². The summed E-state index contributed by atoms with van der Waals surface area (Å²) in [5, 5.41) is 4.99. The Balaban J connectivity index is 1.87. The van der Waals surface area contributed by atoms with Crippen molar-refractivity contribution >= 4 is 17.4 Å². The van der Waals surface area contributed by atoms with Crippen LogP contribution in [0.2, 0.25) is 5.02 Å². The Morgan fingerprint density at radius 2 is 2.16 bits per heavy atom. The number of benzene rings is 1. The van der Waals surface area contributed by atoms with Crippen molar-refractivity contribution in [1.82, 2.24) is 9.78 Å². The number of halogens is 1. The quantitative estimate of drug-likeness (QED) is 0.934. The number of ether oxygens (including phenoxy) is 1. The molecule has 2 aromatic rings. The summed E-state index contributed by atoms with van der Waals surface area (Å²) < 4.78 is 7.40. The first-order valence-corrected chi connectivity index (χ1v) is 6.73. The summed E-state index contributed by atoms with van der Waals surface area (Å²) in [6.45, 7) is 0.768. The van der Waals surface area contributed by atoms with Gasteiger partial charge in [0.15, 0.2) is 0 Å². The molecule has 0 spiro atoms. The van der Waals surface area contributed by atoms with Gasteiger partial charge in [-0.15, -0.1) is 0 Å². The average molecular weight is 278 g/mol. The minimum Gasteiger partial charge on any atom is -0.493 e. The molecular formula is C14H16ClN3O. The summed E-state index contributed by atoms with van der Waals surface area (Å²) in [5.74, 6) is 2.13. The van der Waals surface area contributed by atoms with Gasteiger partial charge in [0.25, 0.3) is 0 Å². The molecule has 4 nitrogen and oxygen atoms in total. The van der Waals surface area contributed by atoms with Gasteiger partial charge in [-0.25, -0.2) is 0 Å². The molecular weight excluding hydrogens is 262 g/mol. The summed E-state index contributed by atoms with van der Waals surface area (Å²) in [6.07, 6.45) is 2.54. The first-order chi connectivity index (χ1) is 9.11. The van der Waals surface area contributed by atoms with Crippen LogP contribution in [0.15, 0.2) is 24.3 Å². The van der Waals surface area contributed by atoms with Crippen LogP contribution < -0.4 is 10.5 Å². The molecule has 0 atom stereocenters. The van der Waals surface area contributed by atoms with Crippen molar-refractivity contribution in [2.24, 2.45) is 13.0 Å². The third-order valence-electron chi connectivity index (χ3n) is 3.27. The molecule has 1 fully saturated rings. The van der Waals surface area contributed by atoms with Gasteiger partial charge in [0.2, 0.25) is 0 Å². The average Bonchev–Trinajstić information content (AvgIpc) is 3.13. The van der Waals surface area contributed by atoms with Gasteiger partial charge >= 0.3 is 0 Å². The number of aromatic nitrogens is 2. The lowest BCUT2D eigenvalue weighted by Crippen LogP contribution is -1.99. The van der Waals surface area contributed by atoms with Crippen LogP contribution in [0.4, 0.5) is 5.82 Å². The van der Waals surface area contributed by atoms with E-state index in [-0.39, 0.29) is 0 Å². The van der Waals surface area contributed by atoms with E-state index in [9.17, 15) is 0 Å². The van der Waals surface area contributed by atoms with Crippen LogP contribution in [0.1, 0.15) is 12.8 Å². The van der Waals surface area contributed by atoms with E-state index in [0.717, 1.165) is 23.6 Å². The molecule has 100 valence electrons. The zero-order chi connectivity index (χ0) is 13.4. The van der Waals surface area contributed by atoms with E-state index in [1.54, 1.807) is 4.68 Å². The second-order valence-electron chi connectivity index (χ2n) is 5.01. The highest BCUT2D eigenvalue weighted by atomic mass is 35.5. The highest BCUT2D eigenvalue weighted by Gasteiger charge is 2.22. The van der Waals surface area contributed by atoms with Gasteiger partial charge in [-0.2, -0.15) is 5.10 Å². The normalized spacial score (nSPS) is 14.6. The minimum atomic E-state index is 0.621. The van der Waals surface area contributed by atoms with Crippen LogP contribution in [-0.4, -0.2) is 16.4 Å². The maximum atomic E-state index is 6.13. The number of aryl methyl sites for hydroxylation is 1. The molecule has 0 bridgehead atoms. The molecule has 0 saturated heterocycles. The Labute approximate surface area is 117 Å². The molecule has 0 unspecified atom stereocenters. The van der Waals surface area contributed by atoms with Crippen molar-refractivity contribution in [2.75, 3.05) is 12.3 Å². The fourth-order valence-electron chi connectivity index (χ4n) is 1.92.